The smallest absolute Gasteiger partial charge is 0.387 e. The lowest BCUT2D eigenvalue weighted by molar-refractivity contribution is -0.131. The molecule has 1 saturated heterocycles. The second-order valence-electron chi connectivity index (χ2n) is 8.30. The number of halogens is 2. The van der Waals surface area contributed by atoms with Gasteiger partial charge in [-0.3, -0.25) is 4.79 Å². The molecular weight excluding hydrogens is 460 g/mol. The van der Waals surface area contributed by atoms with Crippen molar-refractivity contribution in [2.75, 3.05) is 18.9 Å². The monoisotopic (exact) mass is 487 g/mol. The van der Waals surface area contributed by atoms with Crippen LogP contribution >= 0.6 is 11.8 Å². The Morgan fingerprint density at radius 3 is 2.44 bits per heavy atom. The summed E-state index contributed by atoms with van der Waals surface area (Å²) in [6.45, 7) is 0.443. The minimum atomic E-state index is -2.89. The second kappa shape index (κ2) is 10.9. The first-order valence-electron chi connectivity index (χ1n) is 11.2. The Morgan fingerprint density at radius 1 is 1.12 bits per heavy atom. The molecule has 1 fully saturated rings. The molecule has 1 aliphatic rings. The quantitative estimate of drug-likeness (QED) is 0.378. The molecule has 1 atom stereocenters. The highest BCUT2D eigenvalue weighted by Crippen LogP contribution is 2.29. The number of nitrogen functional groups attached to an aromatic ring is 1. The van der Waals surface area contributed by atoms with Gasteiger partial charge in [0.1, 0.15) is 5.75 Å². The van der Waals surface area contributed by atoms with E-state index in [0.717, 1.165) is 32.4 Å². The van der Waals surface area contributed by atoms with Gasteiger partial charge in [0.15, 0.2) is 5.82 Å². The first-order valence-corrected chi connectivity index (χ1v) is 12.0. The van der Waals surface area contributed by atoms with Crippen molar-refractivity contribution in [2.24, 2.45) is 5.92 Å². The van der Waals surface area contributed by atoms with Crippen molar-refractivity contribution >= 4 is 17.7 Å². The number of thioether (sulfide) groups is 1. The maximum absolute atomic E-state index is 13.0. The van der Waals surface area contributed by atoms with Crippen LogP contribution in [0.3, 0.4) is 0 Å². The SMILES string of the molecule is CC(Sc1nnc(-c2ccc(OC(F)F)cc2)n1N)C(=O)N1CCC(Cc2ccccc2)CC1. The molecule has 180 valence electrons. The third kappa shape index (κ3) is 5.85. The van der Waals surface area contributed by atoms with Gasteiger partial charge in [-0.15, -0.1) is 10.2 Å². The maximum atomic E-state index is 13.0. The van der Waals surface area contributed by atoms with Gasteiger partial charge in [-0.25, -0.2) is 4.68 Å². The van der Waals surface area contributed by atoms with Gasteiger partial charge >= 0.3 is 6.61 Å². The summed E-state index contributed by atoms with van der Waals surface area (Å²) in [5.74, 6) is 7.22. The Labute approximate surface area is 201 Å². The molecule has 1 aromatic heterocycles. The largest absolute Gasteiger partial charge is 0.435 e. The molecule has 10 heteroatoms. The summed E-state index contributed by atoms with van der Waals surface area (Å²) in [4.78, 5) is 14.9. The zero-order chi connectivity index (χ0) is 24.1. The van der Waals surface area contributed by atoms with Gasteiger partial charge in [0, 0.05) is 18.7 Å². The van der Waals surface area contributed by atoms with Gasteiger partial charge in [0.2, 0.25) is 11.1 Å². The number of piperidine rings is 1. The molecule has 0 aliphatic carbocycles. The molecule has 4 rings (SSSR count). The summed E-state index contributed by atoms with van der Waals surface area (Å²) in [6.07, 6.45) is 3.02. The number of likely N-dealkylation sites (tertiary alicyclic amines) is 1. The van der Waals surface area contributed by atoms with E-state index in [1.54, 1.807) is 12.1 Å². The molecule has 0 bridgehead atoms. The summed E-state index contributed by atoms with van der Waals surface area (Å²) < 4.78 is 30.3. The van der Waals surface area contributed by atoms with E-state index in [4.69, 9.17) is 5.84 Å². The number of benzene rings is 2. The van der Waals surface area contributed by atoms with E-state index in [1.165, 1.54) is 34.1 Å². The molecule has 0 radical (unpaired) electrons. The standard InChI is InChI=1S/C24H27F2N5O2S/c1-16(22(32)30-13-11-18(12-14-30)15-17-5-3-2-4-6-17)34-24-29-28-21(31(24)27)19-7-9-20(10-8-19)33-23(25)26/h2-10,16,18,23H,11-15,27H2,1H3. The van der Waals surface area contributed by atoms with Gasteiger partial charge in [0.25, 0.3) is 0 Å². The normalized spacial score (nSPS) is 15.5. The van der Waals surface area contributed by atoms with E-state index in [9.17, 15) is 13.6 Å². The lowest BCUT2D eigenvalue weighted by atomic mass is 9.90. The van der Waals surface area contributed by atoms with Crippen LogP contribution in [0.25, 0.3) is 11.4 Å². The Bertz CT molecular complexity index is 1090. The summed E-state index contributed by atoms with van der Waals surface area (Å²) in [5.41, 5.74) is 1.94. The number of rotatable bonds is 8. The van der Waals surface area contributed by atoms with Crippen molar-refractivity contribution in [3.63, 3.8) is 0 Å². The predicted molar refractivity (Wildman–Crippen MR) is 127 cm³/mol. The predicted octanol–water partition coefficient (Wildman–Crippen LogP) is 4.22. The highest BCUT2D eigenvalue weighted by atomic mass is 32.2. The summed E-state index contributed by atoms with van der Waals surface area (Å²) >= 11 is 1.25. The van der Waals surface area contributed by atoms with Crippen LogP contribution in [0.4, 0.5) is 8.78 Å². The number of aromatic nitrogens is 3. The van der Waals surface area contributed by atoms with Crippen LogP contribution in [0.15, 0.2) is 59.8 Å². The van der Waals surface area contributed by atoms with Gasteiger partial charge in [0.05, 0.1) is 5.25 Å². The number of amides is 1. The molecule has 1 aliphatic heterocycles. The highest BCUT2D eigenvalue weighted by Gasteiger charge is 2.28. The molecular formula is C24H27F2N5O2S. The zero-order valence-electron chi connectivity index (χ0n) is 18.8. The molecule has 2 N–H and O–H groups in total. The summed E-state index contributed by atoms with van der Waals surface area (Å²) in [7, 11) is 0. The molecule has 2 aromatic carbocycles. The van der Waals surface area contributed by atoms with Crippen LogP contribution in [-0.4, -0.2) is 50.6 Å². The van der Waals surface area contributed by atoms with E-state index in [2.05, 4.69) is 39.2 Å². The average molecular weight is 488 g/mol. The first kappa shape index (κ1) is 24.0. The zero-order valence-corrected chi connectivity index (χ0v) is 19.6. The lowest BCUT2D eigenvalue weighted by Crippen LogP contribution is -2.42. The van der Waals surface area contributed by atoms with Crippen LogP contribution in [0.5, 0.6) is 5.75 Å². The van der Waals surface area contributed by atoms with Crippen molar-refractivity contribution in [1.29, 1.82) is 0 Å². The third-order valence-electron chi connectivity index (χ3n) is 5.93. The topological polar surface area (TPSA) is 86.3 Å². The van der Waals surface area contributed by atoms with Crippen LogP contribution < -0.4 is 10.6 Å². The number of nitrogens with two attached hydrogens (primary N) is 1. The van der Waals surface area contributed by atoms with Crippen LogP contribution in [-0.2, 0) is 11.2 Å². The Balaban J connectivity index is 1.32. The van der Waals surface area contributed by atoms with Crippen LogP contribution in [0, 0.1) is 5.92 Å². The summed E-state index contributed by atoms with van der Waals surface area (Å²) in [6, 6.07) is 16.4. The number of carbonyl (C=O) groups is 1. The van der Waals surface area contributed by atoms with E-state index < -0.39 is 6.61 Å². The van der Waals surface area contributed by atoms with Crippen molar-refractivity contribution in [3.05, 3.63) is 60.2 Å². The molecule has 0 spiro atoms. The van der Waals surface area contributed by atoms with E-state index in [0.29, 0.717) is 22.5 Å². The highest BCUT2D eigenvalue weighted by molar-refractivity contribution is 8.00. The third-order valence-corrected chi connectivity index (χ3v) is 6.97. The fraction of sp³-hybridized carbons (Fsp3) is 0.375. The van der Waals surface area contributed by atoms with E-state index in [-0.39, 0.29) is 16.9 Å². The number of hydrogen-bond acceptors (Lipinski definition) is 6. The minimum Gasteiger partial charge on any atom is -0.435 e. The van der Waals surface area contributed by atoms with Crippen molar-refractivity contribution < 1.29 is 18.3 Å². The Kier molecular flexibility index (Phi) is 7.66. The maximum Gasteiger partial charge on any atom is 0.387 e. The number of hydrogen-bond donors (Lipinski definition) is 1. The van der Waals surface area contributed by atoms with Gasteiger partial charge in [-0.05, 0) is 61.9 Å². The molecule has 1 amide bonds. The molecule has 0 saturated carbocycles. The van der Waals surface area contributed by atoms with Gasteiger partial charge in [-0.2, -0.15) is 8.78 Å². The number of nitrogens with zero attached hydrogens (tertiary/aromatic N) is 4. The van der Waals surface area contributed by atoms with Crippen molar-refractivity contribution in [3.8, 4) is 17.1 Å². The minimum absolute atomic E-state index is 0.0446. The first-order chi connectivity index (χ1) is 16.4. The Morgan fingerprint density at radius 2 is 1.79 bits per heavy atom. The van der Waals surface area contributed by atoms with E-state index >= 15 is 0 Å². The Hall–Kier alpha value is -3.14. The lowest BCUT2D eigenvalue weighted by Gasteiger charge is -2.33. The molecule has 34 heavy (non-hydrogen) atoms. The van der Waals surface area contributed by atoms with Crippen molar-refractivity contribution in [1.82, 2.24) is 19.8 Å². The number of carbonyl (C=O) groups excluding carboxylic acids is 1. The second-order valence-corrected chi connectivity index (χ2v) is 9.61. The average Bonchev–Trinajstić information content (AvgIpc) is 3.19. The summed E-state index contributed by atoms with van der Waals surface area (Å²) in [5, 5.41) is 8.26. The fourth-order valence-corrected chi connectivity index (χ4v) is 4.96. The number of ether oxygens (including phenoxy) is 1. The van der Waals surface area contributed by atoms with Crippen molar-refractivity contribution in [2.45, 2.75) is 43.2 Å². The van der Waals surface area contributed by atoms with Gasteiger partial charge in [-0.1, -0.05) is 42.1 Å². The van der Waals surface area contributed by atoms with Crippen LogP contribution in [0.2, 0.25) is 0 Å². The molecule has 1 unspecified atom stereocenters. The van der Waals surface area contributed by atoms with Gasteiger partial charge < -0.3 is 15.5 Å². The molecule has 7 nitrogen and oxygen atoms in total. The van der Waals surface area contributed by atoms with Crippen LogP contribution in [0.1, 0.15) is 25.3 Å². The fourth-order valence-electron chi connectivity index (χ4n) is 4.11. The molecule has 2 heterocycles. The number of alkyl halides is 2. The van der Waals surface area contributed by atoms with E-state index in [1.807, 2.05) is 17.9 Å². The molecule has 3 aromatic rings.